The zero-order valence-corrected chi connectivity index (χ0v) is 9.02. The van der Waals surface area contributed by atoms with Crippen LogP contribution in [-0.4, -0.2) is 29.5 Å². The van der Waals surface area contributed by atoms with Gasteiger partial charge < -0.3 is 10.1 Å². The van der Waals surface area contributed by atoms with Crippen LogP contribution in [0.2, 0.25) is 0 Å². The van der Waals surface area contributed by atoms with Gasteiger partial charge in [0.25, 0.3) is 0 Å². The molecule has 0 aromatic carbocycles. The SMILES string of the molecule is CC(C)(C)OC(=O)C1CC(Cl)CN1. The number of rotatable bonds is 1. The van der Waals surface area contributed by atoms with Gasteiger partial charge in [-0.3, -0.25) is 4.79 Å². The molecule has 76 valence electrons. The third kappa shape index (κ3) is 3.53. The Bertz CT molecular complexity index is 200. The minimum Gasteiger partial charge on any atom is -0.459 e. The van der Waals surface area contributed by atoms with Crippen molar-refractivity contribution in [3.05, 3.63) is 0 Å². The summed E-state index contributed by atoms with van der Waals surface area (Å²) in [5, 5.41) is 3.08. The first-order chi connectivity index (χ1) is 5.88. The van der Waals surface area contributed by atoms with Crippen LogP contribution in [0.5, 0.6) is 0 Å². The molecule has 13 heavy (non-hydrogen) atoms. The molecule has 1 N–H and O–H groups in total. The third-order valence-corrected chi connectivity index (χ3v) is 2.10. The van der Waals surface area contributed by atoms with Crippen molar-refractivity contribution in [2.45, 2.75) is 44.2 Å². The second-order valence-corrected chi connectivity index (χ2v) is 4.94. The normalized spacial score (nSPS) is 28.9. The summed E-state index contributed by atoms with van der Waals surface area (Å²) in [5.41, 5.74) is -0.414. The summed E-state index contributed by atoms with van der Waals surface area (Å²) in [6.45, 7) is 6.26. The van der Waals surface area contributed by atoms with E-state index in [2.05, 4.69) is 5.32 Å². The largest absolute Gasteiger partial charge is 0.459 e. The molecule has 1 fully saturated rings. The lowest BCUT2D eigenvalue weighted by molar-refractivity contribution is -0.157. The van der Waals surface area contributed by atoms with Crippen LogP contribution in [-0.2, 0) is 9.53 Å². The lowest BCUT2D eigenvalue weighted by atomic mass is 10.2. The van der Waals surface area contributed by atoms with E-state index in [0.717, 1.165) is 0 Å². The molecule has 4 heteroatoms. The highest BCUT2D eigenvalue weighted by molar-refractivity contribution is 6.21. The number of nitrogens with one attached hydrogen (secondary N) is 1. The molecule has 1 aliphatic rings. The minimum absolute atomic E-state index is 0.0533. The van der Waals surface area contributed by atoms with Crippen LogP contribution in [0.15, 0.2) is 0 Å². The molecule has 0 spiro atoms. The number of hydrogen-bond donors (Lipinski definition) is 1. The fourth-order valence-corrected chi connectivity index (χ4v) is 1.51. The first-order valence-corrected chi connectivity index (χ1v) is 4.92. The predicted molar refractivity (Wildman–Crippen MR) is 51.9 cm³/mol. The summed E-state index contributed by atoms with van der Waals surface area (Å²) >= 11 is 5.85. The predicted octanol–water partition coefficient (Wildman–Crippen LogP) is 1.30. The van der Waals surface area contributed by atoms with E-state index in [0.29, 0.717) is 13.0 Å². The number of carbonyl (C=O) groups excluding carboxylic acids is 1. The van der Waals surface area contributed by atoms with Gasteiger partial charge in [0, 0.05) is 11.9 Å². The smallest absolute Gasteiger partial charge is 0.323 e. The number of halogens is 1. The summed E-state index contributed by atoms with van der Waals surface area (Å²) in [7, 11) is 0. The average Bonchev–Trinajstić information content (AvgIpc) is 2.31. The number of ether oxygens (including phenoxy) is 1. The summed E-state index contributed by atoms with van der Waals surface area (Å²) in [4.78, 5) is 11.5. The van der Waals surface area contributed by atoms with E-state index in [1.165, 1.54) is 0 Å². The van der Waals surface area contributed by atoms with Crippen molar-refractivity contribution in [3.63, 3.8) is 0 Å². The fraction of sp³-hybridized carbons (Fsp3) is 0.889. The first kappa shape index (κ1) is 10.8. The second kappa shape index (κ2) is 3.84. The van der Waals surface area contributed by atoms with Gasteiger partial charge in [-0.25, -0.2) is 0 Å². The maximum atomic E-state index is 11.5. The van der Waals surface area contributed by atoms with Crippen molar-refractivity contribution in [2.75, 3.05) is 6.54 Å². The van der Waals surface area contributed by atoms with Crippen LogP contribution < -0.4 is 5.32 Å². The molecule has 2 unspecified atom stereocenters. The maximum absolute atomic E-state index is 11.5. The lowest BCUT2D eigenvalue weighted by Crippen LogP contribution is -2.37. The molecule has 0 radical (unpaired) electrons. The molecule has 1 saturated heterocycles. The fourth-order valence-electron chi connectivity index (χ4n) is 1.25. The number of hydrogen-bond acceptors (Lipinski definition) is 3. The van der Waals surface area contributed by atoms with E-state index in [1.54, 1.807) is 0 Å². The second-order valence-electron chi connectivity index (χ2n) is 4.33. The molecule has 0 amide bonds. The van der Waals surface area contributed by atoms with Crippen LogP contribution >= 0.6 is 11.6 Å². The van der Waals surface area contributed by atoms with Crippen molar-refractivity contribution in [2.24, 2.45) is 0 Å². The highest BCUT2D eigenvalue weighted by Crippen LogP contribution is 2.16. The Hall–Kier alpha value is -0.280. The Morgan fingerprint density at radius 1 is 1.54 bits per heavy atom. The van der Waals surface area contributed by atoms with Crippen LogP contribution in [0.4, 0.5) is 0 Å². The van der Waals surface area contributed by atoms with Gasteiger partial charge in [0.05, 0.1) is 0 Å². The number of esters is 1. The molecule has 1 heterocycles. The molecular formula is C9H16ClNO2. The maximum Gasteiger partial charge on any atom is 0.323 e. The average molecular weight is 206 g/mol. The van der Waals surface area contributed by atoms with Crippen LogP contribution in [0, 0.1) is 0 Å². The molecule has 0 aromatic heterocycles. The van der Waals surface area contributed by atoms with Crippen molar-refractivity contribution in [3.8, 4) is 0 Å². The van der Waals surface area contributed by atoms with Crippen LogP contribution in [0.1, 0.15) is 27.2 Å². The van der Waals surface area contributed by atoms with Gasteiger partial charge in [0.1, 0.15) is 11.6 Å². The van der Waals surface area contributed by atoms with E-state index >= 15 is 0 Å². The molecule has 1 rings (SSSR count). The lowest BCUT2D eigenvalue weighted by Gasteiger charge is -2.21. The van der Waals surface area contributed by atoms with E-state index in [9.17, 15) is 4.79 Å². The van der Waals surface area contributed by atoms with E-state index in [1.807, 2.05) is 20.8 Å². The van der Waals surface area contributed by atoms with Gasteiger partial charge in [-0.1, -0.05) is 0 Å². The van der Waals surface area contributed by atoms with E-state index in [4.69, 9.17) is 16.3 Å². The molecule has 3 nitrogen and oxygen atoms in total. The Morgan fingerprint density at radius 2 is 2.15 bits per heavy atom. The monoisotopic (exact) mass is 205 g/mol. The van der Waals surface area contributed by atoms with E-state index < -0.39 is 5.60 Å². The Balaban J connectivity index is 2.41. The van der Waals surface area contributed by atoms with Crippen molar-refractivity contribution in [1.82, 2.24) is 5.32 Å². The summed E-state index contributed by atoms with van der Waals surface area (Å²) in [6, 6.07) is -0.221. The summed E-state index contributed by atoms with van der Waals surface area (Å²) < 4.78 is 5.21. The molecule has 0 aromatic rings. The highest BCUT2D eigenvalue weighted by Gasteiger charge is 2.31. The zero-order chi connectivity index (χ0) is 10.1. The molecule has 0 saturated carbocycles. The molecule has 0 aliphatic carbocycles. The first-order valence-electron chi connectivity index (χ1n) is 4.49. The van der Waals surface area contributed by atoms with Gasteiger partial charge in [0.15, 0.2) is 0 Å². The van der Waals surface area contributed by atoms with Gasteiger partial charge in [-0.05, 0) is 27.2 Å². The van der Waals surface area contributed by atoms with Gasteiger partial charge in [-0.2, -0.15) is 0 Å². The molecule has 0 bridgehead atoms. The van der Waals surface area contributed by atoms with Crippen molar-refractivity contribution < 1.29 is 9.53 Å². The minimum atomic E-state index is -0.414. The Labute approximate surface area is 83.8 Å². The number of alkyl halides is 1. The molecule has 1 aliphatic heterocycles. The van der Waals surface area contributed by atoms with Gasteiger partial charge in [0.2, 0.25) is 0 Å². The van der Waals surface area contributed by atoms with E-state index in [-0.39, 0.29) is 17.4 Å². The third-order valence-electron chi connectivity index (χ3n) is 1.77. The standard InChI is InChI=1S/C9H16ClNO2/c1-9(2,3)13-8(12)7-4-6(10)5-11-7/h6-7,11H,4-5H2,1-3H3. The zero-order valence-electron chi connectivity index (χ0n) is 8.26. The van der Waals surface area contributed by atoms with Crippen molar-refractivity contribution in [1.29, 1.82) is 0 Å². The Kier molecular flexibility index (Phi) is 3.19. The van der Waals surface area contributed by atoms with Crippen molar-refractivity contribution >= 4 is 17.6 Å². The summed E-state index contributed by atoms with van der Waals surface area (Å²) in [6.07, 6.45) is 0.663. The number of carbonyl (C=O) groups is 1. The molecule has 2 atom stereocenters. The van der Waals surface area contributed by atoms with Crippen LogP contribution in [0.3, 0.4) is 0 Å². The quantitative estimate of drug-likeness (QED) is 0.518. The summed E-state index contributed by atoms with van der Waals surface area (Å²) in [5.74, 6) is -0.198. The molecular weight excluding hydrogens is 190 g/mol. The van der Waals surface area contributed by atoms with Crippen LogP contribution in [0.25, 0.3) is 0 Å². The Morgan fingerprint density at radius 3 is 2.54 bits per heavy atom. The van der Waals surface area contributed by atoms with Gasteiger partial charge in [-0.15, -0.1) is 11.6 Å². The topological polar surface area (TPSA) is 38.3 Å². The van der Waals surface area contributed by atoms with Gasteiger partial charge >= 0.3 is 5.97 Å². The highest BCUT2D eigenvalue weighted by atomic mass is 35.5.